The van der Waals surface area contributed by atoms with Crippen molar-refractivity contribution in [1.29, 1.82) is 0 Å². The molecule has 3 aromatic heterocycles. The molecule has 0 aliphatic rings. The number of pyridine rings is 1. The smallest absolute Gasteiger partial charge is 0.253 e. The van der Waals surface area contributed by atoms with Gasteiger partial charge < -0.3 is 25.6 Å². The Morgan fingerprint density at radius 3 is 2.40 bits per heavy atom. The molecule has 42 heavy (non-hydrogen) atoms. The molecule has 210 valence electrons. The van der Waals surface area contributed by atoms with Crippen LogP contribution in [0, 0.1) is 13.8 Å². The van der Waals surface area contributed by atoms with E-state index >= 15 is 0 Å². The highest BCUT2D eigenvalue weighted by atomic mass is 16.2. The lowest BCUT2D eigenvalue weighted by molar-refractivity contribution is 0.0951. The normalized spacial score (nSPS) is 11.3. The summed E-state index contributed by atoms with van der Waals surface area (Å²) in [4.78, 5) is 48.6. The van der Waals surface area contributed by atoms with Crippen LogP contribution in [0.3, 0.4) is 0 Å². The number of carbonyl (C=O) groups excluding carboxylic acids is 2. The molecule has 0 fully saturated rings. The number of hydrogen-bond acceptors (Lipinski definition) is 4. The van der Waals surface area contributed by atoms with Gasteiger partial charge >= 0.3 is 0 Å². The van der Waals surface area contributed by atoms with E-state index < -0.39 is 5.91 Å². The largest absolute Gasteiger partial charge is 0.366 e. The van der Waals surface area contributed by atoms with Crippen LogP contribution in [-0.2, 0) is 13.1 Å². The van der Waals surface area contributed by atoms with Gasteiger partial charge in [0.25, 0.3) is 17.4 Å². The summed E-state index contributed by atoms with van der Waals surface area (Å²) in [5.41, 5.74) is 13.3. The molecule has 6 rings (SSSR count). The van der Waals surface area contributed by atoms with E-state index in [4.69, 9.17) is 5.73 Å². The number of hydrogen-bond donors (Lipinski definition) is 4. The number of H-pyrrole nitrogens is 2. The first-order valence-electron chi connectivity index (χ1n) is 13.7. The van der Waals surface area contributed by atoms with Gasteiger partial charge in [0.15, 0.2) is 0 Å². The van der Waals surface area contributed by atoms with Crippen molar-refractivity contribution in [2.45, 2.75) is 33.9 Å². The Morgan fingerprint density at radius 1 is 0.929 bits per heavy atom. The molecule has 0 radical (unpaired) electrons. The summed E-state index contributed by atoms with van der Waals surface area (Å²) in [7, 11) is 0. The van der Waals surface area contributed by atoms with Crippen molar-refractivity contribution in [3.8, 4) is 22.5 Å². The molecular weight excluding hydrogens is 528 g/mol. The Bertz CT molecular complexity index is 2060. The van der Waals surface area contributed by atoms with Crippen molar-refractivity contribution in [3.05, 3.63) is 111 Å². The van der Waals surface area contributed by atoms with Crippen LogP contribution in [0.2, 0.25) is 0 Å². The van der Waals surface area contributed by atoms with Gasteiger partial charge in [-0.15, -0.1) is 0 Å². The summed E-state index contributed by atoms with van der Waals surface area (Å²) < 4.78 is 2.10. The van der Waals surface area contributed by atoms with Gasteiger partial charge in [0.05, 0.1) is 11.1 Å². The van der Waals surface area contributed by atoms with Crippen molar-refractivity contribution in [2.75, 3.05) is 0 Å². The third kappa shape index (κ3) is 4.75. The number of para-hydroxylation sites is 1. The Hall–Kier alpha value is -5.44. The van der Waals surface area contributed by atoms with Crippen molar-refractivity contribution in [3.63, 3.8) is 0 Å². The topological polar surface area (TPSA) is 139 Å². The second kappa shape index (κ2) is 10.5. The van der Waals surface area contributed by atoms with Gasteiger partial charge in [0.1, 0.15) is 11.3 Å². The molecule has 0 spiro atoms. The summed E-state index contributed by atoms with van der Waals surface area (Å²) in [6.07, 6.45) is 1.98. The second-order valence-electron chi connectivity index (χ2n) is 10.4. The van der Waals surface area contributed by atoms with Crippen LogP contribution >= 0.6 is 0 Å². The molecule has 9 heteroatoms. The molecule has 2 amide bonds. The summed E-state index contributed by atoms with van der Waals surface area (Å²) in [6.45, 7) is 6.65. The third-order valence-corrected chi connectivity index (χ3v) is 7.66. The molecule has 0 atom stereocenters. The zero-order valence-corrected chi connectivity index (χ0v) is 23.5. The van der Waals surface area contributed by atoms with Crippen LogP contribution in [0.5, 0.6) is 0 Å². The quantitative estimate of drug-likeness (QED) is 0.214. The van der Waals surface area contributed by atoms with Crippen molar-refractivity contribution in [1.82, 2.24) is 24.8 Å². The van der Waals surface area contributed by atoms with Gasteiger partial charge in [-0.1, -0.05) is 30.3 Å². The number of rotatable bonds is 7. The lowest BCUT2D eigenvalue weighted by atomic mass is 9.98. The van der Waals surface area contributed by atoms with Crippen LogP contribution in [0.15, 0.2) is 77.7 Å². The molecule has 0 aliphatic heterocycles. The standard InChI is InChI=1S/C33H30N6O3/c1-4-39-13-12-23-25(32(41)35-17-26-18(2)14-19(3)36-33(26)42)15-22(16-28(23)39)20-8-10-21(11-9-20)31-37-27-7-5-6-24(30(34)40)29(27)38-31/h5-16H,4,17H2,1-3H3,(H2,34,40)(H,35,41)(H,36,42)(H,37,38). The average molecular weight is 559 g/mol. The molecule has 0 unspecified atom stereocenters. The number of nitrogens with zero attached hydrogens (tertiary/aromatic N) is 2. The number of aromatic nitrogens is 4. The maximum absolute atomic E-state index is 13.5. The zero-order chi connectivity index (χ0) is 29.5. The summed E-state index contributed by atoms with van der Waals surface area (Å²) >= 11 is 0. The van der Waals surface area contributed by atoms with E-state index in [0.29, 0.717) is 28.0 Å². The SMILES string of the molecule is CCn1ccc2c(C(=O)NCc3c(C)cc(C)[nH]c3=O)cc(-c3ccc(-c4nc5c(C(N)=O)cccc5[nH]4)cc3)cc21. The molecule has 6 aromatic rings. The van der Waals surface area contributed by atoms with E-state index in [-0.39, 0.29) is 18.0 Å². The highest BCUT2D eigenvalue weighted by molar-refractivity contribution is 6.08. The number of nitrogens with one attached hydrogen (secondary N) is 3. The van der Waals surface area contributed by atoms with Crippen LogP contribution < -0.4 is 16.6 Å². The number of nitrogens with two attached hydrogens (primary N) is 1. The van der Waals surface area contributed by atoms with Gasteiger partial charge in [-0.25, -0.2) is 4.98 Å². The molecule has 0 saturated carbocycles. The number of aromatic amines is 2. The number of benzene rings is 3. The van der Waals surface area contributed by atoms with Gasteiger partial charge in [-0.05, 0) is 73.9 Å². The Kier molecular flexibility index (Phi) is 6.70. The molecule has 0 aliphatic carbocycles. The minimum atomic E-state index is -0.526. The van der Waals surface area contributed by atoms with Crippen molar-refractivity contribution < 1.29 is 9.59 Å². The van der Waals surface area contributed by atoms with Gasteiger partial charge in [0.2, 0.25) is 0 Å². The lowest BCUT2D eigenvalue weighted by Crippen LogP contribution is -2.28. The fraction of sp³-hybridized carbons (Fsp3) is 0.152. The second-order valence-corrected chi connectivity index (χ2v) is 10.4. The summed E-state index contributed by atoms with van der Waals surface area (Å²) in [5.74, 6) is -0.150. The van der Waals surface area contributed by atoms with E-state index in [9.17, 15) is 14.4 Å². The van der Waals surface area contributed by atoms with Crippen LogP contribution in [0.4, 0.5) is 0 Å². The maximum Gasteiger partial charge on any atom is 0.253 e. The minimum Gasteiger partial charge on any atom is -0.366 e. The fourth-order valence-electron chi connectivity index (χ4n) is 5.48. The predicted molar refractivity (Wildman–Crippen MR) is 164 cm³/mol. The molecule has 3 heterocycles. The first-order valence-corrected chi connectivity index (χ1v) is 13.7. The monoisotopic (exact) mass is 558 g/mol. The highest BCUT2D eigenvalue weighted by Gasteiger charge is 2.17. The minimum absolute atomic E-state index is 0.129. The maximum atomic E-state index is 13.5. The van der Waals surface area contributed by atoms with Crippen LogP contribution in [-0.4, -0.2) is 31.3 Å². The van der Waals surface area contributed by atoms with Gasteiger partial charge in [-0.3, -0.25) is 14.4 Å². The average Bonchev–Trinajstić information content (AvgIpc) is 3.60. The molecule has 5 N–H and O–H groups in total. The number of fused-ring (bicyclic) bond motifs is 2. The number of aryl methyl sites for hydroxylation is 3. The van der Waals surface area contributed by atoms with Gasteiger partial charge in [0, 0.05) is 52.6 Å². The molecular formula is C33H30N6O3. The third-order valence-electron chi connectivity index (χ3n) is 7.66. The first kappa shape index (κ1) is 26.8. The molecule has 0 bridgehead atoms. The number of primary amides is 1. The molecule has 0 saturated heterocycles. The highest BCUT2D eigenvalue weighted by Crippen LogP contribution is 2.31. The van der Waals surface area contributed by atoms with Crippen molar-refractivity contribution >= 4 is 33.8 Å². The van der Waals surface area contributed by atoms with E-state index in [2.05, 4.69) is 37.8 Å². The van der Waals surface area contributed by atoms with Crippen LogP contribution in [0.1, 0.15) is 44.5 Å². The van der Waals surface area contributed by atoms with Gasteiger partial charge in [-0.2, -0.15) is 0 Å². The number of imidazole rings is 1. The van der Waals surface area contributed by atoms with E-state index in [1.807, 2.05) is 68.6 Å². The fourth-order valence-corrected chi connectivity index (χ4v) is 5.48. The Morgan fingerprint density at radius 2 is 1.69 bits per heavy atom. The van der Waals surface area contributed by atoms with Crippen molar-refractivity contribution in [2.24, 2.45) is 5.73 Å². The Balaban J connectivity index is 1.34. The first-order chi connectivity index (χ1) is 20.2. The molecule has 3 aromatic carbocycles. The predicted octanol–water partition coefficient (Wildman–Crippen LogP) is 5.21. The lowest BCUT2D eigenvalue weighted by Gasteiger charge is -2.12. The summed E-state index contributed by atoms with van der Waals surface area (Å²) in [6, 6.07) is 21.0. The van der Waals surface area contributed by atoms with E-state index in [1.54, 1.807) is 12.1 Å². The number of amides is 2. The summed E-state index contributed by atoms with van der Waals surface area (Å²) in [5, 5.41) is 3.80. The van der Waals surface area contributed by atoms with Crippen LogP contribution in [0.25, 0.3) is 44.5 Å². The zero-order valence-electron chi connectivity index (χ0n) is 23.5. The van der Waals surface area contributed by atoms with E-state index in [0.717, 1.165) is 50.9 Å². The Labute approximate surface area is 241 Å². The van der Waals surface area contributed by atoms with E-state index in [1.165, 1.54) is 0 Å². The number of carbonyl (C=O) groups is 2. The molecule has 9 nitrogen and oxygen atoms in total.